The van der Waals surface area contributed by atoms with Crippen molar-refractivity contribution in [2.75, 3.05) is 32.8 Å². The first kappa shape index (κ1) is 14.5. The summed E-state index contributed by atoms with van der Waals surface area (Å²) in [4.78, 5) is 2.48. The Bertz CT molecular complexity index is 358. The SMILES string of the molecule is CC(CN)c1ccc(COCCN2CCCC2)cc1. The van der Waals surface area contributed by atoms with Crippen molar-refractivity contribution in [1.82, 2.24) is 4.90 Å². The van der Waals surface area contributed by atoms with E-state index in [0.717, 1.165) is 13.2 Å². The summed E-state index contributed by atoms with van der Waals surface area (Å²) in [5, 5.41) is 0. The molecule has 0 spiro atoms. The fraction of sp³-hybridized carbons (Fsp3) is 0.625. The van der Waals surface area contributed by atoms with Gasteiger partial charge in [-0.05, 0) is 49.5 Å². The molecule has 0 radical (unpaired) electrons. The third kappa shape index (κ3) is 4.60. The predicted molar refractivity (Wildman–Crippen MR) is 79.2 cm³/mol. The van der Waals surface area contributed by atoms with Crippen LogP contribution in [-0.4, -0.2) is 37.7 Å². The van der Waals surface area contributed by atoms with Crippen molar-refractivity contribution in [2.24, 2.45) is 5.73 Å². The summed E-state index contributed by atoms with van der Waals surface area (Å²) in [5.41, 5.74) is 8.22. The van der Waals surface area contributed by atoms with E-state index in [-0.39, 0.29) is 0 Å². The maximum atomic E-state index is 5.74. The highest BCUT2D eigenvalue weighted by Gasteiger charge is 2.10. The van der Waals surface area contributed by atoms with Crippen LogP contribution >= 0.6 is 0 Å². The topological polar surface area (TPSA) is 38.5 Å². The number of likely N-dealkylation sites (tertiary alicyclic amines) is 1. The average molecular weight is 262 g/mol. The van der Waals surface area contributed by atoms with Crippen LogP contribution in [0.3, 0.4) is 0 Å². The first-order valence-corrected chi connectivity index (χ1v) is 7.38. The Balaban J connectivity index is 1.67. The molecule has 19 heavy (non-hydrogen) atoms. The second kappa shape index (κ2) is 7.63. The number of rotatable bonds is 7. The number of ether oxygens (including phenoxy) is 1. The molecule has 3 nitrogen and oxygen atoms in total. The van der Waals surface area contributed by atoms with Gasteiger partial charge in [-0.15, -0.1) is 0 Å². The van der Waals surface area contributed by atoms with E-state index in [1.54, 1.807) is 0 Å². The molecule has 1 aliphatic heterocycles. The van der Waals surface area contributed by atoms with Gasteiger partial charge in [-0.2, -0.15) is 0 Å². The molecular weight excluding hydrogens is 236 g/mol. The fourth-order valence-corrected chi connectivity index (χ4v) is 2.47. The van der Waals surface area contributed by atoms with Crippen molar-refractivity contribution in [3.8, 4) is 0 Å². The van der Waals surface area contributed by atoms with E-state index in [1.807, 2.05) is 0 Å². The van der Waals surface area contributed by atoms with Crippen molar-refractivity contribution >= 4 is 0 Å². The average Bonchev–Trinajstić information content (AvgIpc) is 2.96. The first-order valence-electron chi connectivity index (χ1n) is 7.38. The zero-order chi connectivity index (χ0) is 13.5. The molecule has 2 rings (SSSR count). The van der Waals surface area contributed by atoms with Gasteiger partial charge < -0.3 is 15.4 Å². The van der Waals surface area contributed by atoms with Crippen LogP contribution in [0.1, 0.15) is 36.8 Å². The number of hydrogen-bond donors (Lipinski definition) is 1. The molecule has 2 N–H and O–H groups in total. The lowest BCUT2D eigenvalue weighted by atomic mass is 10.0. The molecule has 0 saturated carbocycles. The van der Waals surface area contributed by atoms with E-state index >= 15 is 0 Å². The molecule has 1 aromatic rings. The van der Waals surface area contributed by atoms with Crippen LogP contribution < -0.4 is 5.73 Å². The lowest BCUT2D eigenvalue weighted by Crippen LogP contribution is -2.23. The Kier molecular flexibility index (Phi) is 5.83. The molecule has 0 aromatic heterocycles. The van der Waals surface area contributed by atoms with Crippen LogP contribution in [0.5, 0.6) is 0 Å². The monoisotopic (exact) mass is 262 g/mol. The van der Waals surface area contributed by atoms with E-state index in [4.69, 9.17) is 10.5 Å². The Hall–Kier alpha value is -0.900. The minimum Gasteiger partial charge on any atom is -0.375 e. The standard InChI is InChI=1S/C16H26N2O/c1-14(12-17)16-6-4-15(5-7-16)13-19-11-10-18-8-2-3-9-18/h4-7,14H,2-3,8-13,17H2,1H3. The van der Waals surface area contributed by atoms with Crippen LogP contribution in [0, 0.1) is 0 Å². The Morgan fingerprint density at radius 2 is 1.89 bits per heavy atom. The number of nitrogens with two attached hydrogens (primary N) is 1. The van der Waals surface area contributed by atoms with Gasteiger partial charge in [0.25, 0.3) is 0 Å². The molecule has 1 atom stereocenters. The van der Waals surface area contributed by atoms with Crippen molar-refractivity contribution < 1.29 is 4.74 Å². The molecule has 106 valence electrons. The summed E-state index contributed by atoms with van der Waals surface area (Å²) in [6.07, 6.45) is 2.70. The molecule has 1 aromatic carbocycles. The third-order valence-electron chi connectivity index (χ3n) is 3.92. The van der Waals surface area contributed by atoms with Crippen LogP contribution in [0.2, 0.25) is 0 Å². The molecule has 1 saturated heterocycles. The third-order valence-corrected chi connectivity index (χ3v) is 3.92. The van der Waals surface area contributed by atoms with Crippen LogP contribution in [-0.2, 0) is 11.3 Å². The van der Waals surface area contributed by atoms with Gasteiger partial charge in [0.15, 0.2) is 0 Å². The summed E-state index contributed by atoms with van der Waals surface area (Å²) >= 11 is 0. The Labute approximate surface area is 116 Å². The minimum absolute atomic E-state index is 0.435. The molecule has 0 aliphatic carbocycles. The van der Waals surface area contributed by atoms with Gasteiger partial charge in [-0.25, -0.2) is 0 Å². The Morgan fingerprint density at radius 1 is 1.21 bits per heavy atom. The zero-order valence-electron chi connectivity index (χ0n) is 12.0. The molecule has 1 aliphatic rings. The van der Waals surface area contributed by atoms with Gasteiger partial charge in [0.1, 0.15) is 0 Å². The van der Waals surface area contributed by atoms with Crippen molar-refractivity contribution in [3.63, 3.8) is 0 Å². The Morgan fingerprint density at radius 3 is 2.53 bits per heavy atom. The van der Waals surface area contributed by atoms with Crippen LogP contribution in [0.4, 0.5) is 0 Å². The molecule has 0 bridgehead atoms. The second-order valence-electron chi connectivity index (χ2n) is 5.48. The lowest BCUT2D eigenvalue weighted by Gasteiger charge is -2.14. The second-order valence-corrected chi connectivity index (χ2v) is 5.48. The maximum Gasteiger partial charge on any atom is 0.0717 e. The molecule has 1 heterocycles. The van der Waals surface area contributed by atoms with E-state index in [1.165, 1.54) is 37.1 Å². The largest absolute Gasteiger partial charge is 0.375 e. The molecule has 1 fully saturated rings. The lowest BCUT2D eigenvalue weighted by molar-refractivity contribution is 0.0992. The van der Waals surface area contributed by atoms with E-state index in [9.17, 15) is 0 Å². The first-order chi connectivity index (χ1) is 9.29. The van der Waals surface area contributed by atoms with E-state index in [2.05, 4.69) is 36.1 Å². The highest BCUT2D eigenvalue weighted by Crippen LogP contribution is 2.15. The van der Waals surface area contributed by atoms with E-state index in [0.29, 0.717) is 19.1 Å². The molecule has 1 unspecified atom stereocenters. The summed E-state index contributed by atoms with van der Waals surface area (Å²) in [6.45, 7) is 7.96. The number of hydrogen-bond acceptors (Lipinski definition) is 3. The number of benzene rings is 1. The molecule has 0 amide bonds. The van der Waals surface area contributed by atoms with Gasteiger partial charge in [0.2, 0.25) is 0 Å². The summed E-state index contributed by atoms with van der Waals surface area (Å²) in [7, 11) is 0. The predicted octanol–water partition coefficient (Wildman–Crippen LogP) is 2.36. The summed E-state index contributed by atoms with van der Waals surface area (Å²) < 4.78 is 5.74. The smallest absolute Gasteiger partial charge is 0.0717 e. The van der Waals surface area contributed by atoms with Crippen LogP contribution in [0.15, 0.2) is 24.3 Å². The maximum absolute atomic E-state index is 5.74. The van der Waals surface area contributed by atoms with Crippen molar-refractivity contribution in [2.45, 2.75) is 32.3 Å². The minimum atomic E-state index is 0.435. The van der Waals surface area contributed by atoms with Gasteiger partial charge >= 0.3 is 0 Å². The normalized spacial score (nSPS) is 17.8. The number of nitrogens with zero attached hydrogens (tertiary/aromatic N) is 1. The summed E-state index contributed by atoms with van der Waals surface area (Å²) in [5.74, 6) is 0.435. The molecule has 3 heteroatoms. The highest BCUT2D eigenvalue weighted by atomic mass is 16.5. The van der Waals surface area contributed by atoms with Crippen molar-refractivity contribution in [1.29, 1.82) is 0 Å². The summed E-state index contributed by atoms with van der Waals surface area (Å²) in [6, 6.07) is 8.63. The van der Waals surface area contributed by atoms with E-state index < -0.39 is 0 Å². The molecular formula is C16H26N2O. The van der Waals surface area contributed by atoms with Gasteiger partial charge in [0, 0.05) is 6.54 Å². The van der Waals surface area contributed by atoms with Gasteiger partial charge in [-0.3, -0.25) is 0 Å². The van der Waals surface area contributed by atoms with Gasteiger partial charge in [0.05, 0.1) is 13.2 Å². The zero-order valence-corrected chi connectivity index (χ0v) is 12.0. The van der Waals surface area contributed by atoms with Crippen LogP contribution in [0.25, 0.3) is 0 Å². The quantitative estimate of drug-likeness (QED) is 0.767. The fourth-order valence-electron chi connectivity index (χ4n) is 2.47. The van der Waals surface area contributed by atoms with Crippen molar-refractivity contribution in [3.05, 3.63) is 35.4 Å². The highest BCUT2D eigenvalue weighted by molar-refractivity contribution is 5.24. The van der Waals surface area contributed by atoms with Gasteiger partial charge in [-0.1, -0.05) is 31.2 Å².